The van der Waals surface area contributed by atoms with Crippen molar-refractivity contribution >= 4 is 5.78 Å². The van der Waals surface area contributed by atoms with Gasteiger partial charge < -0.3 is 5.32 Å². The normalized spacial score (nSPS) is 15.6. The fourth-order valence-corrected chi connectivity index (χ4v) is 2.60. The first-order valence-corrected chi connectivity index (χ1v) is 6.65. The van der Waals surface area contributed by atoms with E-state index in [1.165, 1.54) is 24.0 Å². The van der Waals surface area contributed by atoms with Crippen molar-refractivity contribution in [2.45, 2.75) is 45.6 Å². The van der Waals surface area contributed by atoms with Crippen molar-refractivity contribution in [2.75, 3.05) is 6.54 Å². The van der Waals surface area contributed by atoms with E-state index >= 15 is 0 Å². The minimum Gasteiger partial charge on any atom is -0.307 e. The van der Waals surface area contributed by atoms with Gasteiger partial charge in [-0.1, -0.05) is 26.0 Å². The van der Waals surface area contributed by atoms with E-state index in [2.05, 4.69) is 24.4 Å². The molecule has 0 saturated carbocycles. The molecule has 2 nitrogen and oxygen atoms in total. The maximum atomic E-state index is 12.3. The Labute approximate surface area is 103 Å². The number of nitrogens with one attached hydrogen (secondary N) is 1. The molecule has 0 saturated heterocycles. The van der Waals surface area contributed by atoms with Crippen LogP contribution in [0.2, 0.25) is 0 Å². The monoisotopic (exact) mass is 231 g/mol. The summed E-state index contributed by atoms with van der Waals surface area (Å²) in [6, 6.07) is 6.20. The molecule has 0 unspecified atom stereocenters. The van der Waals surface area contributed by atoms with Crippen LogP contribution in [-0.2, 0) is 12.8 Å². The second kappa shape index (κ2) is 5.46. The number of likely N-dealkylation sites (N-methyl/N-ethyl adjacent to an activating group) is 1. The van der Waals surface area contributed by atoms with Gasteiger partial charge in [0.05, 0.1) is 6.04 Å². The average Bonchev–Trinajstić information content (AvgIpc) is 2.82. The molecular formula is C15H21NO. The molecule has 0 bridgehead atoms. The lowest BCUT2D eigenvalue weighted by Crippen LogP contribution is -2.36. The molecule has 1 N–H and O–H groups in total. The number of hydrogen-bond acceptors (Lipinski definition) is 2. The molecule has 1 aromatic carbocycles. The van der Waals surface area contributed by atoms with Crippen molar-refractivity contribution < 1.29 is 4.79 Å². The van der Waals surface area contributed by atoms with Crippen LogP contribution in [0.3, 0.4) is 0 Å². The van der Waals surface area contributed by atoms with Gasteiger partial charge in [-0.25, -0.2) is 0 Å². The van der Waals surface area contributed by atoms with E-state index in [1.807, 2.05) is 13.0 Å². The fraction of sp³-hybridized carbons (Fsp3) is 0.533. The summed E-state index contributed by atoms with van der Waals surface area (Å²) < 4.78 is 0. The second-order valence-corrected chi connectivity index (χ2v) is 4.72. The zero-order valence-corrected chi connectivity index (χ0v) is 10.8. The molecule has 0 aliphatic heterocycles. The van der Waals surface area contributed by atoms with Gasteiger partial charge in [-0.2, -0.15) is 0 Å². The molecule has 1 aliphatic rings. The van der Waals surface area contributed by atoms with Crippen molar-refractivity contribution in [3.05, 3.63) is 34.9 Å². The van der Waals surface area contributed by atoms with Crippen molar-refractivity contribution in [3.63, 3.8) is 0 Å². The van der Waals surface area contributed by atoms with Crippen molar-refractivity contribution in [2.24, 2.45) is 0 Å². The van der Waals surface area contributed by atoms with Gasteiger partial charge in [0.25, 0.3) is 0 Å². The van der Waals surface area contributed by atoms with Crippen LogP contribution in [0.5, 0.6) is 0 Å². The summed E-state index contributed by atoms with van der Waals surface area (Å²) in [5.74, 6) is 0.240. The Morgan fingerprint density at radius 3 is 2.76 bits per heavy atom. The van der Waals surface area contributed by atoms with Crippen molar-refractivity contribution in [1.82, 2.24) is 5.32 Å². The number of benzene rings is 1. The van der Waals surface area contributed by atoms with E-state index in [9.17, 15) is 4.79 Å². The molecule has 0 amide bonds. The first-order chi connectivity index (χ1) is 8.26. The first kappa shape index (κ1) is 12.3. The smallest absolute Gasteiger partial charge is 0.179 e. The second-order valence-electron chi connectivity index (χ2n) is 4.72. The van der Waals surface area contributed by atoms with Crippen LogP contribution in [0, 0.1) is 0 Å². The highest BCUT2D eigenvalue weighted by Gasteiger charge is 2.19. The van der Waals surface area contributed by atoms with E-state index in [1.54, 1.807) is 0 Å². The Morgan fingerprint density at radius 2 is 2.06 bits per heavy atom. The topological polar surface area (TPSA) is 29.1 Å². The number of fused-ring (bicyclic) bond motifs is 1. The van der Waals surface area contributed by atoms with Crippen molar-refractivity contribution in [3.8, 4) is 0 Å². The lowest BCUT2D eigenvalue weighted by atomic mass is 9.98. The minimum atomic E-state index is -0.0283. The number of Topliss-reactive ketones (excluding diaryl/α,β-unsaturated/α-hetero) is 1. The van der Waals surface area contributed by atoms with Gasteiger partial charge in [-0.3, -0.25) is 4.79 Å². The number of rotatable bonds is 5. The summed E-state index contributed by atoms with van der Waals surface area (Å²) in [5.41, 5.74) is 3.68. The lowest BCUT2D eigenvalue weighted by molar-refractivity contribution is 0.0941. The Kier molecular flexibility index (Phi) is 3.95. The minimum absolute atomic E-state index is 0.0283. The molecule has 17 heavy (non-hydrogen) atoms. The van der Waals surface area contributed by atoms with Gasteiger partial charge in [0.1, 0.15) is 0 Å². The third-order valence-electron chi connectivity index (χ3n) is 3.56. The van der Waals surface area contributed by atoms with Gasteiger partial charge in [0.2, 0.25) is 0 Å². The van der Waals surface area contributed by atoms with Crippen molar-refractivity contribution in [1.29, 1.82) is 0 Å². The predicted molar refractivity (Wildman–Crippen MR) is 70.6 cm³/mol. The van der Waals surface area contributed by atoms with Gasteiger partial charge >= 0.3 is 0 Å². The fourth-order valence-electron chi connectivity index (χ4n) is 2.60. The van der Waals surface area contributed by atoms with E-state index in [-0.39, 0.29) is 11.8 Å². The van der Waals surface area contributed by atoms with E-state index < -0.39 is 0 Å². The largest absolute Gasteiger partial charge is 0.307 e. The molecule has 1 aromatic rings. The Hall–Kier alpha value is -1.15. The highest BCUT2D eigenvalue weighted by molar-refractivity contribution is 6.00. The van der Waals surface area contributed by atoms with Crippen LogP contribution < -0.4 is 5.32 Å². The Bertz CT molecular complexity index is 411. The van der Waals surface area contributed by atoms with Crippen LogP contribution in [0.1, 0.15) is 48.2 Å². The highest BCUT2D eigenvalue weighted by Crippen LogP contribution is 2.23. The first-order valence-electron chi connectivity index (χ1n) is 6.65. The van der Waals surface area contributed by atoms with Crippen LogP contribution in [-0.4, -0.2) is 18.4 Å². The lowest BCUT2D eigenvalue weighted by Gasteiger charge is -2.15. The molecule has 1 atom stereocenters. The van der Waals surface area contributed by atoms with Crippen LogP contribution in [0.15, 0.2) is 18.2 Å². The van der Waals surface area contributed by atoms with E-state index in [0.29, 0.717) is 0 Å². The standard InChI is InChI=1S/C15H21NO/c1-3-14(16-4-2)15(17)13-9-8-11-6-5-7-12(11)10-13/h8-10,14,16H,3-7H2,1-2H3/t14-/m1/s1. The molecule has 1 aliphatic carbocycles. The predicted octanol–water partition coefficient (Wildman–Crippen LogP) is 2.75. The molecule has 2 heteroatoms. The summed E-state index contributed by atoms with van der Waals surface area (Å²) in [6.07, 6.45) is 4.39. The Balaban J connectivity index is 2.19. The summed E-state index contributed by atoms with van der Waals surface area (Å²) in [5, 5.41) is 3.25. The Morgan fingerprint density at radius 1 is 1.29 bits per heavy atom. The average molecular weight is 231 g/mol. The zero-order chi connectivity index (χ0) is 12.3. The quantitative estimate of drug-likeness (QED) is 0.789. The highest BCUT2D eigenvalue weighted by atomic mass is 16.1. The van der Waals surface area contributed by atoms with Crippen LogP contribution >= 0.6 is 0 Å². The molecule has 0 fully saturated rings. The maximum absolute atomic E-state index is 12.3. The SMILES string of the molecule is CCN[C@H](CC)C(=O)c1ccc2c(c1)CCC2. The molecule has 92 valence electrons. The molecular weight excluding hydrogens is 210 g/mol. The van der Waals surface area contributed by atoms with E-state index in [4.69, 9.17) is 0 Å². The van der Waals surface area contributed by atoms with Crippen LogP contribution in [0.4, 0.5) is 0 Å². The summed E-state index contributed by atoms with van der Waals surface area (Å²) in [6.45, 7) is 4.94. The van der Waals surface area contributed by atoms with Gasteiger partial charge in [-0.05, 0) is 49.4 Å². The molecule has 0 heterocycles. The zero-order valence-electron chi connectivity index (χ0n) is 10.8. The third-order valence-corrected chi connectivity index (χ3v) is 3.56. The molecule has 0 aromatic heterocycles. The van der Waals surface area contributed by atoms with Gasteiger partial charge in [0, 0.05) is 5.56 Å². The van der Waals surface area contributed by atoms with Gasteiger partial charge in [0.15, 0.2) is 5.78 Å². The summed E-state index contributed by atoms with van der Waals surface area (Å²) >= 11 is 0. The number of carbonyl (C=O) groups excluding carboxylic acids is 1. The summed E-state index contributed by atoms with van der Waals surface area (Å²) in [7, 11) is 0. The number of aryl methyl sites for hydroxylation is 2. The molecule has 2 rings (SSSR count). The van der Waals surface area contributed by atoms with Gasteiger partial charge in [-0.15, -0.1) is 0 Å². The van der Waals surface area contributed by atoms with E-state index in [0.717, 1.165) is 24.9 Å². The molecule has 0 radical (unpaired) electrons. The number of carbonyl (C=O) groups is 1. The number of hydrogen-bond donors (Lipinski definition) is 1. The number of ketones is 1. The maximum Gasteiger partial charge on any atom is 0.179 e. The molecule has 0 spiro atoms. The van der Waals surface area contributed by atoms with Crippen LogP contribution in [0.25, 0.3) is 0 Å². The summed E-state index contributed by atoms with van der Waals surface area (Å²) in [4.78, 5) is 12.3. The third kappa shape index (κ3) is 2.58.